The van der Waals surface area contributed by atoms with Crippen LogP contribution in [0.3, 0.4) is 0 Å². The molecule has 2 unspecified atom stereocenters. The van der Waals surface area contributed by atoms with Gasteiger partial charge in [-0.05, 0) is 37.6 Å². The maximum absolute atomic E-state index is 13.9. The Hall–Kier alpha value is -2.75. The smallest absolute Gasteiger partial charge is 0.248 e. The summed E-state index contributed by atoms with van der Waals surface area (Å²) in [5, 5.41) is 15.3. The summed E-state index contributed by atoms with van der Waals surface area (Å²) in [4.78, 5) is 33.5. The molecule has 2 saturated heterocycles. The van der Waals surface area contributed by atoms with Crippen LogP contribution in [-0.4, -0.2) is 58.8 Å². The fourth-order valence-corrected chi connectivity index (χ4v) is 4.54. The number of carbonyl (C=O) groups excluding carboxylic acids is 2. The van der Waals surface area contributed by atoms with Gasteiger partial charge >= 0.3 is 0 Å². The number of aromatic nitrogens is 1. The third kappa shape index (κ3) is 4.28. The van der Waals surface area contributed by atoms with Crippen LogP contribution >= 0.6 is 11.6 Å². The number of aliphatic hydroxyl groups excluding tert-OH is 1. The molecule has 1 aromatic heterocycles. The second kappa shape index (κ2) is 9.01. The van der Waals surface area contributed by atoms with E-state index in [0.29, 0.717) is 25.2 Å². The Kier molecular flexibility index (Phi) is 6.32. The van der Waals surface area contributed by atoms with Crippen LogP contribution in [0.15, 0.2) is 42.7 Å². The zero-order valence-corrected chi connectivity index (χ0v) is 18.3. The number of benzene rings is 1. The van der Waals surface area contributed by atoms with Crippen molar-refractivity contribution in [3.8, 4) is 0 Å². The largest absolute Gasteiger partial charge is 0.365 e. The maximum atomic E-state index is 13.9. The number of halogens is 2. The first kappa shape index (κ1) is 22.4. The van der Waals surface area contributed by atoms with E-state index in [-0.39, 0.29) is 29.8 Å². The zero-order chi connectivity index (χ0) is 22.9. The SMILES string of the molecule is C[C@H]1CN(C(=O)CCC2(c3cccnc3)NC(O)NC2=O)CCN1c1ccc(Cl)c(F)c1. The van der Waals surface area contributed by atoms with Crippen molar-refractivity contribution >= 4 is 29.1 Å². The Labute approximate surface area is 190 Å². The number of nitrogens with one attached hydrogen (secondary N) is 2. The normalized spacial score (nSPS) is 25.7. The molecule has 2 aromatic rings. The lowest BCUT2D eigenvalue weighted by Gasteiger charge is -2.41. The standard InChI is InChI=1S/C22H25ClFN5O3/c1-14-13-28(9-10-29(14)16-4-5-17(23)18(24)11-16)19(30)6-7-22(15-3-2-8-25-12-15)20(31)26-21(32)27-22/h2-5,8,11-12,14,21,27,32H,6-7,9-10,13H2,1H3,(H,26,31)/t14-,21?,22?/m0/s1. The number of anilines is 1. The zero-order valence-electron chi connectivity index (χ0n) is 17.6. The summed E-state index contributed by atoms with van der Waals surface area (Å²) in [6, 6.07) is 8.14. The highest BCUT2D eigenvalue weighted by Gasteiger charge is 2.47. The van der Waals surface area contributed by atoms with E-state index in [1.807, 2.05) is 11.8 Å². The first-order chi connectivity index (χ1) is 15.3. The van der Waals surface area contributed by atoms with E-state index >= 15 is 0 Å². The molecule has 10 heteroatoms. The van der Waals surface area contributed by atoms with E-state index in [1.165, 1.54) is 12.1 Å². The molecule has 3 atom stereocenters. The van der Waals surface area contributed by atoms with E-state index < -0.39 is 23.6 Å². The van der Waals surface area contributed by atoms with Crippen LogP contribution in [0.25, 0.3) is 0 Å². The van der Waals surface area contributed by atoms with Crippen molar-refractivity contribution in [2.75, 3.05) is 24.5 Å². The molecule has 3 N–H and O–H groups in total. The van der Waals surface area contributed by atoms with Gasteiger partial charge in [0.15, 0.2) is 6.35 Å². The van der Waals surface area contributed by atoms with Gasteiger partial charge in [-0.2, -0.15) is 0 Å². The van der Waals surface area contributed by atoms with Gasteiger partial charge in [0.05, 0.1) is 5.02 Å². The van der Waals surface area contributed by atoms with Gasteiger partial charge in [0.1, 0.15) is 11.4 Å². The minimum Gasteiger partial charge on any atom is -0.365 e. The molecule has 0 spiro atoms. The number of hydrogen-bond acceptors (Lipinski definition) is 6. The molecular weight excluding hydrogens is 437 g/mol. The van der Waals surface area contributed by atoms with Gasteiger partial charge in [0.25, 0.3) is 0 Å². The number of aliphatic hydroxyl groups is 1. The van der Waals surface area contributed by atoms with Crippen LogP contribution in [0.5, 0.6) is 0 Å². The maximum Gasteiger partial charge on any atom is 0.248 e. The van der Waals surface area contributed by atoms with Gasteiger partial charge in [0.2, 0.25) is 11.8 Å². The van der Waals surface area contributed by atoms with E-state index in [1.54, 1.807) is 35.5 Å². The van der Waals surface area contributed by atoms with Gasteiger partial charge in [-0.15, -0.1) is 0 Å². The van der Waals surface area contributed by atoms with Gasteiger partial charge < -0.3 is 20.2 Å². The Morgan fingerprint density at radius 2 is 2.19 bits per heavy atom. The molecule has 0 radical (unpaired) electrons. The third-order valence-electron chi connectivity index (χ3n) is 6.12. The minimum absolute atomic E-state index is 0.0183. The number of piperazine rings is 1. The highest BCUT2D eigenvalue weighted by molar-refractivity contribution is 6.30. The second-order valence-electron chi connectivity index (χ2n) is 8.15. The van der Waals surface area contributed by atoms with Crippen LogP contribution in [0.2, 0.25) is 5.02 Å². The molecule has 2 fully saturated rings. The summed E-state index contributed by atoms with van der Waals surface area (Å²) >= 11 is 5.78. The van der Waals surface area contributed by atoms with Gasteiger partial charge in [-0.25, -0.2) is 4.39 Å². The van der Waals surface area contributed by atoms with Gasteiger partial charge in [0, 0.05) is 55.7 Å². The summed E-state index contributed by atoms with van der Waals surface area (Å²) in [6.45, 7) is 3.49. The van der Waals surface area contributed by atoms with Crippen LogP contribution < -0.4 is 15.5 Å². The van der Waals surface area contributed by atoms with Crippen LogP contribution in [0.1, 0.15) is 25.3 Å². The molecule has 2 aliphatic rings. The van der Waals surface area contributed by atoms with Crippen molar-refractivity contribution < 1.29 is 19.1 Å². The van der Waals surface area contributed by atoms with Gasteiger partial charge in [-0.1, -0.05) is 17.7 Å². The monoisotopic (exact) mass is 461 g/mol. The molecular formula is C22H25ClFN5O3. The van der Waals surface area contributed by atoms with E-state index in [9.17, 15) is 19.1 Å². The van der Waals surface area contributed by atoms with E-state index in [0.717, 1.165) is 5.69 Å². The molecule has 0 aliphatic carbocycles. The number of rotatable bonds is 5. The minimum atomic E-state index is -1.22. The van der Waals surface area contributed by atoms with Crippen molar-refractivity contribution in [1.82, 2.24) is 20.5 Å². The Morgan fingerprint density at radius 3 is 2.81 bits per heavy atom. The predicted molar refractivity (Wildman–Crippen MR) is 117 cm³/mol. The molecule has 32 heavy (non-hydrogen) atoms. The molecule has 2 aliphatic heterocycles. The van der Waals surface area contributed by atoms with Crippen LogP contribution in [0, 0.1) is 5.82 Å². The molecule has 1 aromatic carbocycles. The summed E-state index contributed by atoms with van der Waals surface area (Å²) in [5.41, 5.74) is 0.0880. The number of pyridine rings is 1. The summed E-state index contributed by atoms with van der Waals surface area (Å²) in [5.74, 6) is -0.952. The van der Waals surface area contributed by atoms with Gasteiger partial charge in [-0.3, -0.25) is 19.9 Å². The lowest BCUT2D eigenvalue weighted by Crippen LogP contribution is -2.54. The average molecular weight is 462 g/mol. The molecule has 170 valence electrons. The first-order valence-electron chi connectivity index (χ1n) is 10.5. The Balaban J connectivity index is 1.42. The Morgan fingerprint density at radius 1 is 1.38 bits per heavy atom. The predicted octanol–water partition coefficient (Wildman–Crippen LogP) is 1.58. The van der Waals surface area contributed by atoms with Crippen molar-refractivity contribution in [3.05, 3.63) is 59.1 Å². The van der Waals surface area contributed by atoms with Crippen molar-refractivity contribution in [3.63, 3.8) is 0 Å². The fraction of sp³-hybridized carbons (Fsp3) is 0.409. The molecule has 3 heterocycles. The average Bonchev–Trinajstić information content (AvgIpc) is 3.08. The molecule has 2 amide bonds. The van der Waals surface area contributed by atoms with Crippen molar-refractivity contribution in [2.45, 2.75) is 37.7 Å². The number of amides is 2. The third-order valence-corrected chi connectivity index (χ3v) is 6.43. The van der Waals surface area contributed by atoms with Crippen LogP contribution in [0.4, 0.5) is 10.1 Å². The quantitative estimate of drug-likeness (QED) is 0.625. The van der Waals surface area contributed by atoms with E-state index in [4.69, 9.17) is 11.6 Å². The van der Waals surface area contributed by atoms with Crippen molar-refractivity contribution in [2.24, 2.45) is 0 Å². The number of nitrogens with zero attached hydrogens (tertiary/aromatic N) is 3. The topological polar surface area (TPSA) is 97.8 Å². The molecule has 8 nitrogen and oxygen atoms in total. The molecule has 0 bridgehead atoms. The highest BCUT2D eigenvalue weighted by atomic mass is 35.5. The summed E-state index contributed by atoms with van der Waals surface area (Å²) in [7, 11) is 0. The lowest BCUT2D eigenvalue weighted by molar-refractivity contribution is -0.133. The fourth-order valence-electron chi connectivity index (χ4n) is 4.43. The Bertz CT molecular complexity index is 1010. The number of hydrogen-bond donors (Lipinski definition) is 3. The summed E-state index contributed by atoms with van der Waals surface area (Å²) in [6.07, 6.45) is 2.25. The number of carbonyl (C=O) groups is 2. The van der Waals surface area contributed by atoms with Crippen LogP contribution in [-0.2, 0) is 15.1 Å². The van der Waals surface area contributed by atoms with E-state index in [2.05, 4.69) is 15.6 Å². The lowest BCUT2D eigenvalue weighted by atomic mass is 9.86. The summed E-state index contributed by atoms with van der Waals surface area (Å²) < 4.78 is 13.9. The second-order valence-corrected chi connectivity index (χ2v) is 8.56. The van der Waals surface area contributed by atoms with Crippen molar-refractivity contribution in [1.29, 1.82) is 0 Å². The molecule has 0 saturated carbocycles. The highest BCUT2D eigenvalue weighted by Crippen LogP contribution is 2.31. The molecule has 4 rings (SSSR count). The first-order valence-corrected chi connectivity index (χ1v) is 10.8.